The number of amidine groups is 1. The number of amides is 2. The van der Waals surface area contributed by atoms with Crippen molar-refractivity contribution < 1.29 is 18.0 Å². The first kappa shape index (κ1) is 21.3. The van der Waals surface area contributed by atoms with Gasteiger partial charge < -0.3 is 16.0 Å². The lowest BCUT2D eigenvalue weighted by Gasteiger charge is -2.31. The van der Waals surface area contributed by atoms with Crippen LogP contribution in [0.4, 0.5) is 0 Å². The van der Waals surface area contributed by atoms with Crippen molar-refractivity contribution in [2.24, 2.45) is 16.6 Å². The summed E-state index contributed by atoms with van der Waals surface area (Å²) in [6, 6.07) is 6.62. The van der Waals surface area contributed by atoms with Crippen LogP contribution < -0.4 is 15.8 Å². The Bertz CT molecular complexity index is 900. The van der Waals surface area contributed by atoms with Crippen LogP contribution in [0.25, 0.3) is 0 Å². The highest BCUT2D eigenvalue weighted by Crippen LogP contribution is 2.22. The maximum absolute atomic E-state index is 12.0. The number of nitrogens with two attached hydrogens (primary N) is 1. The molecule has 2 aliphatic heterocycles. The van der Waals surface area contributed by atoms with Crippen molar-refractivity contribution in [1.29, 1.82) is 0 Å². The molecule has 29 heavy (non-hydrogen) atoms. The molecule has 1 aromatic rings. The van der Waals surface area contributed by atoms with Gasteiger partial charge in [0.15, 0.2) is 0 Å². The average molecular weight is 422 g/mol. The van der Waals surface area contributed by atoms with Gasteiger partial charge in [-0.05, 0) is 44.5 Å². The summed E-state index contributed by atoms with van der Waals surface area (Å²) >= 11 is 0. The second-order valence-corrected chi connectivity index (χ2v) is 8.98. The maximum atomic E-state index is 12.0. The van der Waals surface area contributed by atoms with Crippen LogP contribution in [-0.2, 0) is 19.6 Å². The molecule has 2 amide bonds. The molecule has 1 saturated heterocycles. The highest BCUT2D eigenvalue weighted by atomic mass is 32.2. The zero-order valence-electron chi connectivity index (χ0n) is 16.3. The summed E-state index contributed by atoms with van der Waals surface area (Å²) in [4.78, 5) is 30.0. The number of rotatable bonds is 8. The van der Waals surface area contributed by atoms with Crippen LogP contribution >= 0.6 is 0 Å². The smallest absolute Gasteiger partial charge is 0.263 e. The van der Waals surface area contributed by atoms with Crippen LogP contribution in [-0.4, -0.2) is 63.7 Å². The quantitative estimate of drug-likeness (QED) is 0.501. The molecule has 4 N–H and O–H groups in total. The molecule has 0 spiro atoms. The number of nitrogens with zero attached hydrogens (tertiary/aromatic N) is 2. The third-order valence-corrected chi connectivity index (χ3v) is 6.55. The van der Waals surface area contributed by atoms with Crippen LogP contribution in [0.15, 0.2) is 34.2 Å². The average Bonchev–Trinajstić information content (AvgIpc) is 2.96. The third-order valence-electron chi connectivity index (χ3n) is 5.15. The first-order chi connectivity index (χ1) is 13.9. The van der Waals surface area contributed by atoms with E-state index in [1.54, 1.807) is 18.2 Å². The molecule has 2 aliphatic rings. The zero-order valence-corrected chi connectivity index (χ0v) is 17.1. The van der Waals surface area contributed by atoms with E-state index in [9.17, 15) is 18.0 Å². The molecule has 0 bridgehead atoms. The Hall–Kier alpha value is -2.46. The van der Waals surface area contributed by atoms with E-state index >= 15 is 0 Å². The maximum Gasteiger partial charge on any atom is 0.263 e. The number of hydrogen-bond donors (Lipinski definition) is 3. The Morgan fingerprint density at radius 2 is 2.10 bits per heavy atom. The van der Waals surface area contributed by atoms with Crippen molar-refractivity contribution in [3.8, 4) is 0 Å². The van der Waals surface area contributed by atoms with E-state index in [-0.39, 0.29) is 41.4 Å². The Morgan fingerprint density at radius 1 is 1.31 bits per heavy atom. The summed E-state index contributed by atoms with van der Waals surface area (Å²) in [6.45, 7) is 3.20. The monoisotopic (exact) mass is 421 g/mol. The van der Waals surface area contributed by atoms with Gasteiger partial charge in [-0.25, -0.2) is 8.42 Å². The van der Waals surface area contributed by atoms with Crippen molar-refractivity contribution in [3.05, 3.63) is 29.8 Å². The Balaban J connectivity index is 1.37. The van der Waals surface area contributed by atoms with Crippen LogP contribution in [0, 0.1) is 5.92 Å². The lowest BCUT2D eigenvalue weighted by atomic mass is 9.97. The number of fused-ring (bicyclic) bond motifs is 1. The molecule has 1 fully saturated rings. The number of piperidine rings is 1. The molecular formula is C19H27N5O4S. The van der Waals surface area contributed by atoms with E-state index < -0.39 is 10.0 Å². The number of primary amides is 1. The predicted octanol–water partition coefficient (Wildman–Crippen LogP) is -0.181. The Kier molecular flexibility index (Phi) is 6.86. The topological polar surface area (TPSA) is 134 Å². The summed E-state index contributed by atoms with van der Waals surface area (Å²) in [6.07, 6.45) is 2.79. The minimum atomic E-state index is -3.56. The fraction of sp³-hybridized carbons (Fsp3) is 0.526. The van der Waals surface area contributed by atoms with Crippen molar-refractivity contribution in [1.82, 2.24) is 14.9 Å². The number of benzene rings is 1. The molecule has 9 nitrogen and oxygen atoms in total. The largest absolute Gasteiger partial charge is 0.369 e. The van der Waals surface area contributed by atoms with Gasteiger partial charge in [0.2, 0.25) is 11.8 Å². The molecule has 10 heteroatoms. The number of carbonyl (C=O) groups is 2. The standard InChI is InChI=1S/C19H27N5O4S/c20-18(26)14-5-3-11-24(13-14)12-4-9-21-17(25)8-10-22-19-15-6-1-2-7-16(15)29(27,28)23-19/h1-2,6-7,14H,3-5,8-13H2,(H2,20,26)(H,21,25)(H,22,23). The molecule has 1 aromatic carbocycles. The molecule has 3 rings (SSSR count). The van der Waals surface area contributed by atoms with Gasteiger partial charge >= 0.3 is 0 Å². The lowest BCUT2D eigenvalue weighted by Crippen LogP contribution is -2.42. The van der Waals surface area contributed by atoms with Crippen LogP contribution in [0.3, 0.4) is 0 Å². The van der Waals surface area contributed by atoms with E-state index in [2.05, 4.69) is 19.9 Å². The van der Waals surface area contributed by atoms with Gasteiger partial charge in [-0.1, -0.05) is 12.1 Å². The third kappa shape index (κ3) is 5.54. The Labute approximate surface area is 170 Å². The minimum absolute atomic E-state index is 0.0735. The summed E-state index contributed by atoms with van der Waals surface area (Å²) in [5.41, 5.74) is 5.92. The van der Waals surface area contributed by atoms with Crippen LogP contribution in [0.2, 0.25) is 0 Å². The summed E-state index contributed by atoms with van der Waals surface area (Å²) < 4.78 is 26.5. The van der Waals surface area contributed by atoms with Crippen LogP contribution in [0.5, 0.6) is 0 Å². The number of nitrogens with one attached hydrogen (secondary N) is 2. The molecule has 1 atom stereocenters. The Morgan fingerprint density at radius 3 is 2.90 bits per heavy atom. The van der Waals surface area contributed by atoms with Gasteiger partial charge in [-0.15, -0.1) is 0 Å². The van der Waals surface area contributed by atoms with Crippen molar-refractivity contribution in [2.75, 3.05) is 32.7 Å². The normalized spacial score (nSPS) is 22.1. The number of carbonyl (C=O) groups excluding carboxylic acids is 2. The summed E-state index contributed by atoms with van der Waals surface area (Å²) in [5, 5.41) is 2.85. The molecule has 2 heterocycles. The lowest BCUT2D eigenvalue weighted by molar-refractivity contribution is -0.123. The summed E-state index contributed by atoms with van der Waals surface area (Å²) in [7, 11) is -3.56. The van der Waals surface area contributed by atoms with Crippen molar-refractivity contribution in [3.63, 3.8) is 0 Å². The number of likely N-dealkylation sites (tertiary alicyclic amines) is 1. The summed E-state index contributed by atoms with van der Waals surface area (Å²) in [5.74, 6) is -0.160. The fourth-order valence-corrected chi connectivity index (χ4v) is 4.88. The number of aliphatic imine (C=N–C) groups is 1. The first-order valence-corrected chi connectivity index (χ1v) is 11.3. The second-order valence-electron chi connectivity index (χ2n) is 7.33. The van der Waals surface area contributed by atoms with E-state index in [0.717, 1.165) is 32.4 Å². The fourth-order valence-electron chi connectivity index (χ4n) is 3.63. The first-order valence-electron chi connectivity index (χ1n) is 9.82. The molecule has 0 aliphatic carbocycles. The molecule has 1 unspecified atom stereocenters. The van der Waals surface area contributed by atoms with Crippen molar-refractivity contribution in [2.45, 2.75) is 30.6 Å². The highest BCUT2D eigenvalue weighted by molar-refractivity contribution is 7.90. The van der Waals surface area contributed by atoms with Gasteiger partial charge in [0, 0.05) is 25.1 Å². The highest BCUT2D eigenvalue weighted by Gasteiger charge is 2.30. The van der Waals surface area contributed by atoms with Gasteiger partial charge in [0.1, 0.15) is 5.84 Å². The van der Waals surface area contributed by atoms with E-state index in [1.807, 2.05) is 0 Å². The molecule has 0 saturated carbocycles. The van der Waals surface area contributed by atoms with Gasteiger partial charge in [0.05, 0.1) is 17.4 Å². The van der Waals surface area contributed by atoms with Crippen molar-refractivity contribution >= 4 is 27.7 Å². The number of sulfonamides is 1. The predicted molar refractivity (Wildman–Crippen MR) is 109 cm³/mol. The van der Waals surface area contributed by atoms with Gasteiger partial charge in [-0.3, -0.25) is 19.3 Å². The van der Waals surface area contributed by atoms with Gasteiger partial charge in [-0.2, -0.15) is 0 Å². The molecule has 158 valence electrons. The van der Waals surface area contributed by atoms with Crippen LogP contribution in [0.1, 0.15) is 31.2 Å². The number of hydrogen-bond acceptors (Lipinski definition) is 6. The molecule has 0 radical (unpaired) electrons. The minimum Gasteiger partial charge on any atom is -0.369 e. The molecular weight excluding hydrogens is 394 g/mol. The van der Waals surface area contributed by atoms with Gasteiger partial charge in [0.25, 0.3) is 10.0 Å². The molecule has 0 aromatic heterocycles. The van der Waals surface area contributed by atoms with E-state index in [4.69, 9.17) is 5.73 Å². The SMILES string of the molecule is NC(=O)C1CCCN(CCCNC(=O)CCN=C2NS(=O)(=O)c3ccccc32)C1. The van der Waals surface area contributed by atoms with E-state index in [1.165, 1.54) is 6.07 Å². The zero-order chi connectivity index (χ0) is 20.9. The second kappa shape index (κ2) is 9.36. The van der Waals surface area contributed by atoms with E-state index in [0.29, 0.717) is 18.7 Å².